The van der Waals surface area contributed by atoms with E-state index in [-0.39, 0.29) is 12.5 Å². The lowest BCUT2D eigenvalue weighted by molar-refractivity contribution is -0.132. The molecule has 0 bridgehead atoms. The molecule has 1 atom stereocenters. The first-order chi connectivity index (χ1) is 9.11. The first-order valence-corrected chi connectivity index (χ1v) is 7.68. The highest BCUT2D eigenvalue weighted by molar-refractivity contribution is 5.76. The number of carbonyl (C=O) groups is 1. The smallest absolute Gasteiger partial charge is 0.222 e. The van der Waals surface area contributed by atoms with E-state index >= 15 is 0 Å². The third kappa shape index (κ3) is 11.0. The number of hydrogen-bond donors (Lipinski definition) is 2. The van der Waals surface area contributed by atoms with Crippen molar-refractivity contribution >= 4 is 5.91 Å². The third-order valence-electron chi connectivity index (χ3n) is 3.25. The first kappa shape index (κ1) is 18.4. The molecule has 0 heterocycles. The van der Waals surface area contributed by atoms with E-state index in [0.717, 1.165) is 19.4 Å². The summed E-state index contributed by atoms with van der Waals surface area (Å²) >= 11 is 0. The largest absolute Gasteiger partial charge is 0.396 e. The van der Waals surface area contributed by atoms with Crippen LogP contribution in [0.15, 0.2) is 0 Å². The van der Waals surface area contributed by atoms with Crippen LogP contribution in [0.5, 0.6) is 0 Å². The molecule has 1 amide bonds. The van der Waals surface area contributed by atoms with Gasteiger partial charge in [0, 0.05) is 26.1 Å². The monoisotopic (exact) mass is 273 g/mol. The van der Waals surface area contributed by atoms with Crippen LogP contribution in [0.1, 0.15) is 65.2 Å². The molecule has 0 aromatic carbocycles. The second kappa shape index (κ2) is 12.4. The van der Waals surface area contributed by atoms with Crippen LogP contribution < -0.4 is 0 Å². The fraction of sp³-hybridized carbons (Fsp3) is 0.933. The van der Waals surface area contributed by atoms with E-state index in [1.165, 1.54) is 19.3 Å². The third-order valence-corrected chi connectivity index (χ3v) is 3.25. The summed E-state index contributed by atoms with van der Waals surface area (Å²) in [6.07, 6.45) is 7.03. The summed E-state index contributed by atoms with van der Waals surface area (Å²) in [6, 6.07) is 0. The molecular weight excluding hydrogens is 242 g/mol. The molecular formula is C15H31NO3. The first-order valence-electron chi connectivity index (χ1n) is 7.68. The van der Waals surface area contributed by atoms with E-state index in [1.54, 1.807) is 6.92 Å². The maximum absolute atomic E-state index is 12.0. The summed E-state index contributed by atoms with van der Waals surface area (Å²) in [6.45, 7) is 5.42. The summed E-state index contributed by atoms with van der Waals surface area (Å²) in [5.74, 6) is 0.102. The van der Waals surface area contributed by atoms with Gasteiger partial charge in [0.1, 0.15) is 0 Å². The van der Waals surface area contributed by atoms with Gasteiger partial charge in [-0.25, -0.2) is 0 Å². The highest BCUT2D eigenvalue weighted by atomic mass is 16.3. The topological polar surface area (TPSA) is 60.8 Å². The van der Waals surface area contributed by atoms with Gasteiger partial charge in [0.05, 0.1) is 6.10 Å². The van der Waals surface area contributed by atoms with Crippen molar-refractivity contribution in [1.29, 1.82) is 0 Å². The Hall–Kier alpha value is -0.610. The van der Waals surface area contributed by atoms with Crippen LogP contribution in [0, 0.1) is 0 Å². The molecule has 2 N–H and O–H groups in total. The Labute approximate surface area is 117 Å². The van der Waals surface area contributed by atoms with Crippen LogP contribution >= 0.6 is 0 Å². The normalized spacial score (nSPS) is 12.4. The van der Waals surface area contributed by atoms with Gasteiger partial charge in [-0.05, 0) is 26.2 Å². The fourth-order valence-corrected chi connectivity index (χ4v) is 2.02. The molecule has 19 heavy (non-hydrogen) atoms. The van der Waals surface area contributed by atoms with Gasteiger partial charge < -0.3 is 15.1 Å². The number of aliphatic hydroxyl groups is 2. The number of hydrogen-bond acceptors (Lipinski definition) is 3. The minimum absolute atomic E-state index is 0.102. The second-order valence-corrected chi connectivity index (χ2v) is 5.26. The van der Waals surface area contributed by atoms with Crippen LogP contribution in [0.2, 0.25) is 0 Å². The molecule has 4 heteroatoms. The van der Waals surface area contributed by atoms with Crippen molar-refractivity contribution in [2.75, 3.05) is 19.7 Å². The maximum Gasteiger partial charge on any atom is 0.222 e. The Bertz CT molecular complexity index is 219. The average molecular weight is 273 g/mol. The lowest BCUT2D eigenvalue weighted by Crippen LogP contribution is -2.33. The summed E-state index contributed by atoms with van der Waals surface area (Å²) in [4.78, 5) is 13.8. The van der Waals surface area contributed by atoms with Gasteiger partial charge in [-0.3, -0.25) is 4.79 Å². The van der Waals surface area contributed by atoms with Crippen molar-refractivity contribution in [1.82, 2.24) is 4.90 Å². The van der Waals surface area contributed by atoms with E-state index in [9.17, 15) is 9.90 Å². The maximum atomic E-state index is 12.0. The van der Waals surface area contributed by atoms with Crippen molar-refractivity contribution < 1.29 is 15.0 Å². The van der Waals surface area contributed by atoms with Crippen LogP contribution in [0.3, 0.4) is 0 Å². The summed E-state index contributed by atoms with van der Waals surface area (Å²) in [7, 11) is 0. The van der Waals surface area contributed by atoms with Gasteiger partial charge in [0.2, 0.25) is 5.91 Å². The van der Waals surface area contributed by atoms with Crippen LogP contribution in [-0.4, -0.2) is 46.8 Å². The standard InChI is InChI=1S/C15H31NO3/c1-3-4-5-6-7-11-16(12-8-13-17)15(19)10-9-14(2)18/h14,17-18H,3-13H2,1-2H3. The molecule has 0 radical (unpaired) electrons. The fourth-order valence-electron chi connectivity index (χ4n) is 2.02. The van der Waals surface area contributed by atoms with Crippen molar-refractivity contribution in [3.8, 4) is 0 Å². The minimum atomic E-state index is -0.423. The lowest BCUT2D eigenvalue weighted by atomic mass is 10.1. The second-order valence-electron chi connectivity index (χ2n) is 5.26. The van der Waals surface area contributed by atoms with Crippen molar-refractivity contribution in [2.45, 2.75) is 71.3 Å². The van der Waals surface area contributed by atoms with Gasteiger partial charge in [0.25, 0.3) is 0 Å². The van der Waals surface area contributed by atoms with Crippen molar-refractivity contribution in [3.63, 3.8) is 0 Å². The van der Waals surface area contributed by atoms with Crippen molar-refractivity contribution in [3.05, 3.63) is 0 Å². The summed E-state index contributed by atoms with van der Waals surface area (Å²) < 4.78 is 0. The van der Waals surface area contributed by atoms with Gasteiger partial charge in [-0.2, -0.15) is 0 Å². The summed E-state index contributed by atoms with van der Waals surface area (Å²) in [5, 5.41) is 18.1. The van der Waals surface area contributed by atoms with Gasteiger partial charge in [0.15, 0.2) is 0 Å². The van der Waals surface area contributed by atoms with E-state index in [4.69, 9.17) is 5.11 Å². The molecule has 1 unspecified atom stereocenters. The zero-order valence-corrected chi connectivity index (χ0v) is 12.6. The molecule has 0 fully saturated rings. The lowest BCUT2D eigenvalue weighted by Gasteiger charge is -2.23. The molecule has 0 aromatic heterocycles. The molecule has 0 aliphatic heterocycles. The Kier molecular flexibility index (Phi) is 12.0. The number of carbonyl (C=O) groups excluding carboxylic acids is 1. The number of unbranched alkanes of at least 4 members (excludes halogenated alkanes) is 4. The van der Waals surface area contributed by atoms with Gasteiger partial charge in [-0.15, -0.1) is 0 Å². The van der Waals surface area contributed by atoms with Crippen LogP contribution in [-0.2, 0) is 4.79 Å². The Morgan fingerprint density at radius 1 is 1.11 bits per heavy atom. The molecule has 0 saturated heterocycles. The predicted octanol–water partition coefficient (Wildman–Crippen LogP) is 2.33. The summed E-state index contributed by atoms with van der Waals surface area (Å²) in [5.41, 5.74) is 0. The Morgan fingerprint density at radius 3 is 2.32 bits per heavy atom. The molecule has 0 aliphatic carbocycles. The number of amides is 1. The average Bonchev–Trinajstić information content (AvgIpc) is 2.39. The number of nitrogens with zero attached hydrogens (tertiary/aromatic N) is 1. The molecule has 0 spiro atoms. The van der Waals surface area contributed by atoms with E-state index in [0.29, 0.717) is 25.8 Å². The van der Waals surface area contributed by atoms with E-state index in [1.807, 2.05) is 4.90 Å². The van der Waals surface area contributed by atoms with E-state index < -0.39 is 6.10 Å². The zero-order chi connectivity index (χ0) is 14.5. The van der Waals surface area contributed by atoms with Crippen LogP contribution in [0.4, 0.5) is 0 Å². The van der Waals surface area contributed by atoms with Crippen molar-refractivity contribution in [2.24, 2.45) is 0 Å². The number of aliphatic hydroxyl groups excluding tert-OH is 2. The van der Waals surface area contributed by atoms with Crippen LogP contribution in [0.25, 0.3) is 0 Å². The highest BCUT2D eigenvalue weighted by Crippen LogP contribution is 2.07. The number of rotatable bonds is 12. The van der Waals surface area contributed by atoms with Gasteiger partial charge >= 0.3 is 0 Å². The van der Waals surface area contributed by atoms with E-state index in [2.05, 4.69) is 6.92 Å². The highest BCUT2D eigenvalue weighted by Gasteiger charge is 2.13. The Morgan fingerprint density at radius 2 is 1.74 bits per heavy atom. The molecule has 114 valence electrons. The minimum Gasteiger partial charge on any atom is -0.396 e. The quantitative estimate of drug-likeness (QED) is 0.536. The van der Waals surface area contributed by atoms with Gasteiger partial charge in [-0.1, -0.05) is 32.6 Å². The predicted molar refractivity (Wildman–Crippen MR) is 78.0 cm³/mol. The molecule has 0 rings (SSSR count). The zero-order valence-electron chi connectivity index (χ0n) is 12.6. The molecule has 0 saturated carbocycles. The Balaban J connectivity index is 3.95. The SMILES string of the molecule is CCCCCCCN(CCCO)C(=O)CCC(C)O. The molecule has 4 nitrogen and oxygen atoms in total. The molecule has 0 aromatic rings. The molecule has 0 aliphatic rings.